The summed E-state index contributed by atoms with van der Waals surface area (Å²) in [6.07, 6.45) is -4.38. The Hall–Kier alpha value is -1.10. The molecule has 0 aliphatic rings. The van der Waals surface area contributed by atoms with Crippen molar-refractivity contribution in [3.8, 4) is 11.5 Å². The Balaban J connectivity index is 2.91. The van der Waals surface area contributed by atoms with Crippen molar-refractivity contribution in [3.05, 3.63) is 23.8 Å². The monoisotopic (exact) mass is 254 g/mol. The van der Waals surface area contributed by atoms with Gasteiger partial charge in [-0.05, 0) is 6.07 Å². The van der Waals surface area contributed by atoms with Crippen LogP contribution in [0.25, 0.3) is 0 Å². The Morgan fingerprint density at radius 2 is 2.00 bits per heavy atom. The van der Waals surface area contributed by atoms with Crippen LogP contribution < -0.4 is 9.47 Å². The van der Waals surface area contributed by atoms with Crippen LogP contribution >= 0.6 is 11.6 Å². The normalized spacial score (nSPS) is 11.3. The molecule has 0 atom stereocenters. The van der Waals surface area contributed by atoms with E-state index in [2.05, 4.69) is 4.74 Å². The molecule has 0 spiro atoms. The molecule has 90 valence electrons. The van der Waals surface area contributed by atoms with E-state index in [0.717, 1.165) is 0 Å². The molecule has 0 heterocycles. The zero-order chi connectivity index (χ0) is 12.2. The van der Waals surface area contributed by atoms with Crippen molar-refractivity contribution in [2.24, 2.45) is 0 Å². The fraction of sp³-hybridized carbons (Fsp3) is 0.400. The first-order valence-electron chi connectivity index (χ1n) is 4.39. The maximum atomic E-state index is 12.0. The summed E-state index contributed by atoms with van der Waals surface area (Å²) in [5, 5.41) is 0. The van der Waals surface area contributed by atoms with Crippen LogP contribution in [0.5, 0.6) is 11.5 Å². The maximum Gasteiger partial charge on any atom is 0.422 e. The summed E-state index contributed by atoms with van der Waals surface area (Å²) in [4.78, 5) is 0. The molecule has 0 fully saturated rings. The van der Waals surface area contributed by atoms with Gasteiger partial charge in [0.25, 0.3) is 0 Å². The van der Waals surface area contributed by atoms with Crippen LogP contribution in [-0.2, 0) is 5.88 Å². The van der Waals surface area contributed by atoms with Crippen LogP contribution in [-0.4, -0.2) is 19.9 Å². The number of para-hydroxylation sites is 1. The standard InChI is InChI=1S/C10H10ClF3O2/c1-15-8-4-2-3-7(5-11)9(8)16-6-10(12,13)14/h2-4H,5-6H2,1H3. The minimum atomic E-state index is -4.38. The molecule has 0 bridgehead atoms. The summed E-state index contributed by atoms with van der Waals surface area (Å²) in [7, 11) is 1.35. The summed E-state index contributed by atoms with van der Waals surface area (Å²) >= 11 is 5.59. The highest BCUT2D eigenvalue weighted by Gasteiger charge is 2.29. The number of rotatable bonds is 4. The SMILES string of the molecule is COc1cccc(CCl)c1OCC(F)(F)F. The van der Waals surface area contributed by atoms with Crippen molar-refractivity contribution >= 4 is 11.6 Å². The Labute approximate surface area is 95.9 Å². The molecule has 0 saturated carbocycles. The van der Waals surface area contributed by atoms with E-state index in [1.165, 1.54) is 13.2 Å². The first-order valence-corrected chi connectivity index (χ1v) is 4.93. The third-order valence-corrected chi connectivity index (χ3v) is 2.09. The Morgan fingerprint density at radius 1 is 1.31 bits per heavy atom. The highest BCUT2D eigenvalue weighted by Crippen LogP contribution is 2.33. The lowest BCUT2D eigenvalue weighted by Crippen LogP contribution is -2.20. The van der Waals surface area contributed by atoms with Crippen molar-refractivity contribution in [2.45, 2.75) is 12.1 Å². The molecule has 0 aliphatic carbocycles. The summed E-state index contributed by atoms with van der Waals surface area (Å²) < 4.78 is 45.6. The van der Waals surface area contributed by atoms with Gasteiger partial charge in [-0.3, -0.25) is 0 Å². The Kier molecular flexibility index (Phi) is 4.29. The van der Waals surface area contributed by atoms with Gasteiger partial charge in [-0.25, -0.2) is 0 Å². The van der Waals surface area contributed by atoms with Gasteiger partial charge < -0.3 is 9.47 Å². The number of halogens is 4. The number of alkyl halides is 4. The molecule has 1 aromatic rings. The van der Waals surface area contributed by atoms with Gasteiger partial charge in [0.1, 0.15) is 0 Å². The second kappa shape index (κ2) is 5.30. The van der Waals surface area contributed by atoms with Gasteiger partial charge in [-0.1, -0.05) is 12.1 Å². The molecule has 0 aliphatic heterocycles. The Morgan fingerprint density at radius 3 is 2.50 bits per heavy atom. The zero-order valence-corrected chi connectivity index (χ0v) is 9.23. The first kappa shape index (κ1) is 13.0. The molecular weight excluding hydrogens is 245 g/mol. The highest BCUT2D eigenvalue weighted by molar-refractivity contribution is 6.17. The van der Waals surface area contributed by atoms with Gasteiger partial charge in [-0.15, -0.1) is 11.6 Å². The first-order chi connectivity index (χ1) is 7.48. The molecule has 1 aromatic carbocycles. The molecule has 6 heteroatoms. The van der Waals surface area contributed by atoms with E-state index in [9.17, 15) is 13.2 Å². The van der Waals surface area contributed by atoms with Crippen LogP contribution in [0.1, 0.15) is 5.56 Å². The fourth-order valence-electron chi connectivity index (χ4n) is 1.15. The lowest BCUT2D eigenvalue weighted by Gasteiger charge is -2.14. The van der Waals surface area contributed by atoms with Crippen LogP contribution in [0.15, 0.2) is 18.2 Å². The van der Waals surface area contributed by atoms with Crippen molar-refractivity contribution in [1.29, 1.82) is 0 Å². The zero-order valence-electron chi connectivity index (χ0n) is 8.47. The van der Waals surface area contributed by atoms with Crippen LogP contribution in [0.4, 0.5) is 13.2 Å². The molecule has 2 nitrogen and oxygen atoms in total. The van der Waals surface area contributed by atoms with Crippen molar-refractivity contribution in [3.63, 3.8) is 0 Å². The van der Waals surface area contributed by atoms with Gasteiger partial charge in [0.05, 0.1) is 13.0 Å². The van der Waals surface area contributed by atoms with E-state index in [-0.39, 0.29) is 17.4 Å². The molecule has 1 rings (SSSR count). The molecule has 16 heavy (non-hydrogen) atoms. The smallest absolute Gasteiger partial charge is 0.422 e. The van der Waals surface area contributed by atoms with E-state index in [4.69, 9.17) is 16.3 Å². The van der Waals surface area contributed by atoms with Gasteiger partial charge in [0, 0.05) is 5.56 Å². The van der Waals surface area contributed by atoms with Crippen molar-refractivity contribution < 1.29 is 22.6 Å². The van der Waals surface area contributed by atoms with Gasteiger partial charge in [0.2, 0.25) is 0 Å². The van der Waals surface area contributed by atoms with Crippen LogP contribution in [0.3, 0.4) is 0 Å². The molecule has 0 unspecified atom stereocenters. The molecular formula is C10H10ClF3O2. The van der Waals surface area contributed by atoms with Crippen LogP contribution in [0.2, 0.25) is 0 Å². The third-order valence-electron chi connectivity index (χ3n) is 1.80. The molecule has 0 saturated heterocycles. The topological polar surface area (TPSA) is 18.5 Å². The predicted octanol–water partition coefficient (Wildman–Crippen LogP) is 3.38. The molecule has 0 amide bonds. The predicted molar refractivity (Wildman–Crippen MR) is 54.1 cm³/mol. The molecule has 0 N–H and O–H groups in total. The number of hydrogen-bond donors (Lipinski definition) is 0. The van der Waals surface area contributed by atoms with Crippen LogP contribution in [0, 0.1) is 0 Å². The van der Waals surface area contributed by atoms with Gasteiger partial charge >= 0.3 is 6.18 Å². The number of hydrogen-bond acceptors (Lipinski definition) is 2. The van der Waals surface area contributed by atoms with Gasteiger partial charge in [0.15, 0.2) is 18.1 Å². The third kappa shape index (κ3) is 3.48. The summed E-state index contributed by atoms with van der Waals surface area (Å²) in [6, 6.07) is 4.74. The summed E-state index contributed by atoms with van der Waals surface area (Å²) in [6.45, 7) is -1.36. The Bertz CT molecular complexity index is 330. The number of methoxy groups -OCH3 is 1. The largest absolute Gasteiger partial charge is 0.493 e. The highest BCUT2D eigenvalue weighted by atomic mass is 35.5. The quantitative estimate of drug-likeness (QED) is 0.767. The average molecular weight is 255 g/mol. The number of benzene rings is 1. The second-order valence-corrected chi connectivity index (χ2v) is 3.25. The summed E-state index contributed by atoms with van der Waals surface area (Å²) in [5.41, 5.74) is 0.463. The maximum absolute atomic E-state index is 12.0. The minimum absolute atomic E-state index is 0.0392. The van der Waals surface area contributed by atoms with E-state index >= 15 is 0 Å². The van der Waals surface area contributed by atoms with E-state index in [1.807, 2.05) is 0 Å². The molecule has 0 radical (unpaired) electrons. The van der Waals surface area contributed by atoms with E-state index in [1.54, 1.807) is 12.1 Å². The average Bonchev–Trinajstić information content (AvgIpc) is 2.24. The van der Waals surface area contributed by atoms with E-state index in [0.29, 0.717) is 5.56 Å². The van der Waals surface area contributed by atoms with Crippen molar-refractivity contribution in [2.75, 3.05) is 13.7 Å². The minimum Gasteiger partial charge on any atom is -0.493 e. The summed E-state index contributed by atoms with van der Waals surface area (Å²) in [5.74, 6) is 0.337. The van der Waals surface area contributed by atoms with Crippen molar-refractivity contribution in [1.82, 2.24) is 0 Å². The van der Waals surface area contributed by atoms with E-state index < -0.39 is 12.8 Å². The number of ether oxygens (including phenoxy) is 2. The lowest BCUT2D eigenvalue weighted by atomic mass is 10.2. The second-order valence-electron chi connectivity index (χ2n) is 2.99. The lowest BCUT2D eigenvalue weighted by molar-refractivity contribution is -0.153. The fourth-order valence-corrected chi connectivity index (χ4v) is 1.36. The molecule has 0 aromatic heterocycles. The van der Waals surface area contributed by atoms with Gasteiger partial charge in [-0.2, -0.15) is 13.2 Å².